The van der Waals surface area contributed by atoms with Crippen LogP contribution in [0.3, 0.4) is 0 Å². The van der Waals surface area contributed by atoms with Crippen LogP contribution in [0.1, 0.15) is 18.9 Å². The molecule has 0 saturated carbocycles. The molecule has 1 aromatic carbocycles. The van der Waals surface area contributed by atoms with Gasteiger partial charge in [0.25, 0.3) is 0 Å². The molecule has 0 fully saturated rings. The van der Waals surface area contributed by atoms with E-state index in [4.69, 9.17) is 4.74 Å². The lowest BCUT2D eigenvalue weighted by Crippen LogP contribution is -1.99. The van der Waals surface area contributed by atoms with Gasteiger partial charge in [0.2, 0.25) is 0 Å². The molecule has 76 valence electrons. The fourth-order valence-electron chi connectivity index (χ4n) is 1.27. The molecule has 0 saturated heterocycles. The van der Waals surface area contributed by atoms with Crippen molar-refractivity contribution in [3.8, 4) is 5.75 Å². The van der Waals surface area contributed by atoms with E-state index in [-0.39, 0.29) is 11.6 Å². The molecular formula is C11H13FO2. The maximum absolute atomic E-state index is 13.3. The van der Waals surface area contributed by atoms with Crippen LogP contribution in [0.5, 0.6) is 5.75 Å². The van der Waals surface area contributed by atoms with Gasteiger partial charge < -0.3 is 9.53 Å². The molecule has 2 nitrogen and oxygen atoms in total. The third-order valence-electron chi connectivity index (χ3n) is 2.02. The molecule has 0 aromatic heterocycles. The fraction of sp³-hybridized carbons (Fsp3) is 0.364. The number of ketones is 1. The predicted molar refractivity (Wildman–Crippen MR) is 52.0 cm³/mol. The zero-order valence-electron chi connectivity index (χ0n) is 8.34. The minimum atomic E-state index is -0.314. The molecule has 0 atom stereocenters. The molecule has 1 aromatic rings. The van der Waals surface area contributed by atoms with Crippen molar-refractivity contribution in [2.45, 2.75) is 19.8 Å². The lowest BCUT2D eigenvalue weighted by molar-refractivity contribution is -0.116. The molecule has 3 heteroatoms. The van der Waals surface area contributed by atoms with Crippen LogP contribution in [0.4, 0.5) is 4.39 Å². The minimum absolute atomic E-state index is 0.0512. The topological polar surface area (TPSA) is 26.3 Å². The van der Waals surface area contributed by atoms with Gasteiger partial charge in [0.15, 0.2) is 0 Å². The number of methoxy groups -OCH3 is 1. The summed E-state index contributed by atoms with van der Waals surface area (Å²) >= 11 is 0. The Morgan fingerprint density at radius 3 is 2.79 bits per heavy atom. The zero-order chi connectivity index (χ0) is 10.6. The van der Waals surface area contributed by atoms with Gasteiger partial charge >= 0.3 is 0 Å². The standard InChI is InChI=1S/C11H13FO2/c1-8(13)6-7-9-10(12)4-3-5-11(9)14-2/h3-5H,6-7H2,1-2H3. The molecule has 14 heavy (non-hydrogen) atoms. The molecule has 0 radical (unpaired) electrons. The van der Waals surface area contributed by atoms with Gasteiger partial charge in [0.05, 0.1) is 7.11 Å². The van der Waals surface area contributed by atoms with Gasteiger partial charge in [0.1, 0.15) is 17.3 Å². The Hall–Kier alpha value is -1.38. The number of hydrogen-bond donors (Lipinski definition) is 0. The number of rotatable bonds is 4. The van der Waals surface area contributed by atoms with Crippen molar-refractivity contribution in [1.29, 1.82) is 0 Å². The highest BCUT2D eigenvalue weighted by atomic mass is 19.1. The van der Waals surface area contributed by atoms with E-state index in [0.29, 0.717) is 24.2 Å². The number of benzene rings is 1. The van der Waals surface area contributed by atoms with E-state index in [1.165, 1.54) is 20.1 Å². The molecule has 0 N–H and O–H groups in total. The van der Waals surface area contributed by atoms with Crippen LogP contribution in [0.15, 0.2) is 18.2 Å². The summed E-state index contributed by atoms with van der Waals surface area (Å²) in [5.74, 6) is 0.243. The molecule has 0 amide bonds. The first kappa shape index (κ1) is 10.7. The van der Waals surface area contributed by atoms with Crippen molar-refractivity contribution in [3.05, 3.63) is 29.6 Å². The number of ether oxygens (including phenoxy) is 1. The summed E-state index contributed by atoms with van der Waals surface area (Å²) in [5, 5.41) is 0. The molecule has 0 aliphatic rings. The van der Waals surface area contributed by atoms with E-state index in [2.05, 4.69) is 0 Å². The molecule has 0 unspecified atom stereocenters. The van der Waals surface area contributed by atoms with Crippen LogP contribution >= 0.6 is 0 Å². The highest BCUT2D eigenvalue weighted by Crippen LogP contribution is 2.22. The van der Waals surface area contributed by atoms with Gasteiger partial charge in [-0.05, 0) is 25.5 Å². The van der Waals surface area contributed by atoms with Crippen molar-refractivity contribution < 1.29 is 13.9 Å². The maximum Gasteiger partial charge on any atom is 0.130 e. The number of halogens is 1. The summed E-state index contributed by atoms with van der Waals surface area (Å²) in [6.07, 6.45) is 0.739. The van der Waals surface area contributed by atoms with Crippen molar-refractivity contribution in [1.82, 2.24) is 0 Å². The average Bonchev–Trinajstić information content (AvgIpc) is 2.15. The van der Waals surface area contributed by atoms with Gasteiger partial charge in [-0.1, -0.05) is 6.07 Å². The molecule has 0 aliphatic heterocycles. The van der Waals surface area contributed by atoms with Crippen LogP contribution in [0.25, 0.3) is 0 Å². The largest absolute Gasteiger partial charge is 0.496 e. The monoisotopic (exact) mass is 196 g/mol. The van der Waals surface area contributed by atoms with E-state index in [0.717, 1.165) is 0 Å². The van der Waals surface area contributed by atoms with Gasteiger partial charge in [-0.15, -0.1) is 0 Å². The highest BCUT2D eigenvalue weighted by Gasteiger charge is 2.09. The Balaban J connectivity index is 2.87. The zero-order valence-corrected chi connectivity index (χ0v) is 8.34. The van der Waals surface area contributed by atoms with Crippen LogP contribution in [-0.4, -0.2) is 12.9 Å². The third-order valence-corrected chi connectivity index (χ3v) is 2.02. The Morgan fingerprint density at radius 2 is 2.21 bits per heavy atom. The van der Waals surface area contributed by atoms with E-state index < -0.39 is 0 Å². The number of Topliss-reactive ketones (excluding diaryl/α,β-unsaturated/α-hetero) is 1. The number of hydrogen-bond acceptors (Lipinski definition) is 2. The quantitative estimate of drug-likeness (QED) is 0.738. The summed E-state index contributed by atoms with van der Waals surface area (Å²) < 4.78 is 18.3. The van der Waals surface area contributed by atoms with Crippen molar-refractivity contribution in [2.75, 3.05) is 7.11 Å². The second-order valence-electron chi connectivity index (χ2n) is 3.12. The van der Waals surface area contributed by atoms with Crippen molar-refractivity contribution in [3.63, 3.8) is 0 Å². The third kappa shape index (κ3) is 2.55. The van der Waals surface area contributed by atoms with Gasteiger partial charge in [-0.2, -0.15) is 0 Å². The summed E-state index contributed by atoms with van der Waals surface area (Å²) in [4.78, 5) is 10.8. The second-order valence-corrected chi connectivity index (χ2v) is 3.12. The molecular weight excluding hydrogens is 183 g/mol. The lowest BCUT2D eigenvalue weighted by atomic mass is 10.1. The Bertz CT molecular complexity index is 334. The summed E-state index contributed by atoms with van der Waals surface area (Å²) in [7, 11) is 1.49. The molecule has 0 bridgehead atoms. The summed E-state index contributed by atoms with van der Waals surface area (Å²) in [6.45, 7) is 1.49. The van der Waals surface area contributed by atoms with E-state index in [1.54, 1.807) is 12.1 Å². The normalized spacial score (nSPS) is 9.93. The minimum Gasteiger partial charge on any atom is -0.496 e. The number of carbonyl (C=O) groups is 1. The van der Waals surface area contributed by atoms with Crippen molar-refractivity contribution in [2.24, 2.45) is 0 Å². The Morgan fingerprint density at radius 1 is 1.50 bits per heavy atom. The summed E-state index contributed by atoms with van der Waals surface area (Å²) in [5.41, 5.74) is 0.477. The van der Waals surface area contributed by atoms with Crippen LogP contribution in [0.2, 0.25) is 0 Å². The predicted octanol–water partition coefficient (Wildman–Crippen LogP) is 2.36. The molecule has 0 aliphatic carbocycles. The first-order valence-electron chi connectivity index (χ1n) is 4.46. The number of carbonyl (C=O) groups excluding carboxylic acids is 1. The lowest BCUT2D eigenvalue weighted by Gasteiger charge is -2.07. The summed E-state index contributed by atoms with van der Waals surface area (Å²) in [6, 6.07) is 4.65. The maximum atomic E-state index is 13.3. The average molecular weight is 196 g/mol. The highest BCUT2D eigenvalue weighted by molar-refractivity contribution is 5.75. The van der Waals surface area contributed by atoms with Gasteiger partial charge in [0, 0.05) is 12.0 Å². The first-order valence-corrected chi connectivity index (χ1v) is 4.46. The van der Waals surface area contributed by atoms with Crippen LogP contribution in [0, 0.1) is 5.82 Å². The molecule has 1 rings (SSSR count). The van der Waals surface area contributed by atoms with Gasteiger partial charge in [-0.3, -0.25) is 0 Å². The van der Waals surface area contributed by atoms with E-state index in [9.17, 15) is 9.18 Å². The SMILES string of the molecule is COc1cccc(F)c1CCC(C)=O. The van der Waals surface area contributed by atoms with E-state index >= 15 is 0 Å². The smallest absolute Gasteiger partial charge is 0.130 e. The van der Waals surface area contributed by atoms with Crippen molar-refractivity contribution >= 4 is 5.78 Å². The van der Waals surface area contributed by atoms with E-state index in [1.807, 2.05) is 0 Å². The fourth-order valence-corrected chi connectivity index (χ4v) is 1.27. The first-order chi connectivity index (χ1) is 6.65. The Labute approximate surface area is 82.7 Å². The Kier molecular flexibility index (Phi) is 3.63. The second kappa shape index (κ2) is 4.74. The van der Waals surface area contributed by atoms with Crippen LogP contribution in [-0.2, 0) is 11.2 Å². The van der Waals surface area contributed by atoms with Gasteiger partial charge in [-0.25, -0.2) is 4.39 Å². The van der Waals surface area contributed by atoms with Crippen LogP contribution < -0.4 is 4.74 Å². The molecule has 0 heterocycles. The molecule has 0 spiro atoms.